The lowest BCUT2D eigenvalue weighted by molar-refractivity contribution is -0.116. The van der Waals surface area contributed by atoms with Crippen molar-refractivity contribution < 1.29 is 28.8 Å². The molecule has 1 atom stereocenters. The Labute approximate surface area is 180 Å². The van der Waals surface area contributed by atoms with E-state index in [0.29, 0.717) is 39.8 Å². The Balaban J connectivity index is 3.23. The molecule has 0 fully saturated rings. The number of nitrogen functional groups attached to an aromatic ring is 1. The minimum atomic E-state index is -4.62. The number of thiol groups is 1. The van der Waals surface area contributed by atoms with Gasteiger partial charge in [0, 0.05) is 29.8 Å². The molecular formula is C18H31N4O6PS. The number of nitrogens with zero attached hydrogens (tertiary/aromatic N) is 3. The van der Waals surface area contributed by atoms with Gasteiger partial charge in [-0.05, 0) is 25.2 Å². The third-order valence-electron chi connectivity index (χ3n) is 4.35. The molecule has 0 spiro atoms. The molecule has 170 valence electrons. The third-order valence-corrected chi connectivity index (χ3v) is 6.35. The number of phosphoric ester groups is 1. The van der Waals surface area contributed by atoms with Crippen molar-refractivity contribution in [3.63, 3.8) is 0 Å². The summed E-state index contributed by atoms with van der Waals surface area (Å²) in [6.07, 6.45) is 3.97. The van der Waals surface area contributed by atoms with Gasteiger partial charge in [0.1, 0.15) is 11.6 Å². The number of amides is 1. The minimum Gasteiger partial charge on any atom is -0.383 e. The van der Waals surface area contributed by atoms with Gasteiger partial charge in [0.15, 0.2) is 0 Å². The highest BCUT2D eigenvalue weighted by molar-refractivity contribution is 8.02. The molecule has 1 aromatic heterocycles. The minimum absolute atomic E-state index is 0.0620. The van der Waals surface area contributed by atoms with Crippen molar-refractivity contribution in [3.05, 3.63) is 28.2 Å². The van der Waals surface area contributed by atoms with E-state index in [9.17, 15) is 14.5 Å². The summed E-state index contributed by atoms with van der Waals surface area (Å²) < 4.78 is 15.6. The first-order chi connectivity index (χ1) is 14.0. The fraction of sp³-hybridized carbons (Fsp3) is 0.556. The van der Waals surface area contributed by atoms with E-state index in [0.717, 1.165) is 12.8 Å². The van der Waals surface area contributed by atoms with Gasteiger partial charge >= 0.3 is 7.82 Å². The lowest BCUT2D eigenvalue weighted by Crippen LogP contribution is -2.22. The van der Waals surface area contributed by atoms with Gasteiger partial charge in [0.05, 0.1) is 18.2 Å². The van der Waals surface area contributed by atoms with E-state index in [2.05, 4.69) is 14.5 Å². The molecule has 0 bridgehead atoms. The molecule has 1 rings (SSSR count). The highest BCUT2D eigenvalue weighted by Crippen LogP contribution is 2.36. The first-order valence-electron chi connectivity index (χ1n) is 9.45. The Bertz CT molecular complexity index is 842. The second kappa shape index (κ2) is 12.3. The maximum absolute atomic E-state index is 11.8. The van der Waals surface area contributed by atoms with Crippen LogP contribution in [0.4, 0.5) is 5.82 Å². The van der Waals surface area contributed by atoms with E-state index < -0.39 is 7.82 Å². The summed E-state index contributed by atoms with van der Waals surface area (Å²) in [5.74, 6) is 0.712. The maximum atomic E-state index is 11.8. The second-order valence-electron chi connectivity index (χ2n) is 6.83. The van der Waals surface area contributed by atoms with Gasteiger partial charge in [-0.25, -0.2) is 14.5 Å². The fourth-order valence-electron chi connectivity index (χ4n) is 2.61. The SMILES string of the molecule is CCCC(C)/C(O)=[SH]/C(CCOP(=O)(O)O)=C(/C)N(C=O)Cc1cnc(C)nc1N. The van der Waals surface area contributed by atoms with Gasteiger partial charge in [-0.3, -0.25) is 9.32 Å². The first kappa shape index (κ1) is 26.4. The molecule has 1 unspecified atom stereocenters. The normalized spacial score (nSPS) is 14.6. The van der Waals surface area contributed by atoms with Gasteiger partial charge in [-0.1, -0.05) is 20.3 Å². The largest absolute Gasteiger partial charge is 0.469 e. The molecule has 0 saturated carbocycles. The Morgan fingerprint density at radius 1 is 1.47 bits per heavy atom. The van der Waals surface area contributed by atoms with Crippen molar-refractivity contribution >= 4 is 36.5 Å². The standard InChI is InChI=1S/C18H31N4O6PS/c1-5-6-12(2)18(24)30-16(7-8-28-29(25,26)27)13(3)22(11-23)10-15-9-20-14(4)21-17(15)19/h9,11-12,24,30H,5-8,10H2,1-4H3,(H2,19,20,21)(H2,25,26,27)/b16-13-. The number of nitrogens with two attached hydrogens (primary N) is 1. The molecular weight excluding hydrogens is 431 g/mol. The van der Waals surface area contributed by atoms with E-state index in [1.807, 2.05) is 13.8 Å². The predicted molar refractivity (Wildman–Crippen MR) is 119 cm³/mol. The van der Waals surface area contributed by atoms with Crippen LogP contribution in [0.2, 0.25) is 0 Å². The van der Waals surface area contributed by atoms with Crippen LogP contribution >= 0.6 is 19.2 Å². The molecule has 1 aromatic rings. The number of rotatable bonds is 12. The molecule has 0 aromatic carbocycles. The number of aryl methyl sites for hydroxylation is 1. The van der Waals surface area contributed by atoms with Crippen LogP contribution in [0.15, 0.2) is 16.8 Å². The Kier molecular flexibility index (Phi) is 10.8. The smallest absolute Gasteiger partial charge is 0.383 e. The van der Waals surface area contributed by atoms with Crippen molar-refractivity contribution in [2.75, 3.05) is 12.3 Å². The number of hydrogen-bond acceptors (Lipinski definition) is 6. The number of phosphoric acid groups is 1. The molecule has 0 aliphatic carbocycles. The predicted octanol–water partition coefficient (Wildman–Crippen LogP) is 2.65. The Morgan fingerprint density at radius 3 is 2.67 bits per heavy atom. The summed E-state index contributed by atoms with van der Waals surface area (Å²) in [7, 11) is -4.62. The summed E-state index contributed by atoms with van der Waals surface area (Å²) in [5.41, 5.74) is 7.00. The number of anilines is 1. The molecule has 12 heteroatoms. The summed E-state index contributed by atoms with van der Waals surface area (Å²) >= 11 is 0.468. The van der Waals surface area contributed by atoms with Crippen LogP contribution < -0.4 is 5.73 Å². The molecule has 1 amide bonds. The van der Waals surface area contributed by atoms with Crippen LogP contribution in [-0.2, 0) is 20.4 Å². The molecule has 5 N–H and O–H groups in total. The topological polar surface area (TPSA) is 159 Å². The van der Waals surface area contributed by atoms with Crippen molar-refractivity contribution in [1.29, 1.82) is 0 Å². The van der Waals surface area contributed by atoms with Crippen LogP contribution in [-0.4, -0.2) is 47.8 Å². The van der Waals surface area contributed by atoms with Crippen molar-refractivity contribution in [2.45, 2.75) is 53.5 Å². The van der Waals surface area contributed by atoms with Crippen molar-refractivity contribution in [1.82, 2.24) is 14.9 Å². The van der Waals surface area contributed by atoms with E-state index >= 15 is 0 Å². The zero-order valence-electron chi connectivity index (χ0n) is 17.6. The monoisotopic (exact) mass is 462 g/mol. The van der Waals surface area contributed by atoms with Gasteiger partial charge in [-0.15, -0.1) is 11.4 Å². The molecule has 30 heavy (non-hydrogen) atoms. The first-order valence-corrected chi connectivity index (χ1v) is 11.9. The zero-order chi connectivity index (χ0) is 22.9. The lowest BCUT2D eigenvalue weighted by atomic mass is 10.1. The summed E-state index contributed by atoms with van der Waals surface area (Å²) in [6, 6.07) is 0. The van der Waals surface area contributed by atoms with E-state index in [-0.39, 0.29) is 36.4 Å². The third kappa shape index (κ3) is 9.03. The van der Waals surface area contributed by atoms with Crippen molar-refractivity contribution in [2.24, 2.45) is 5.92 Å². The van der Waals surface area contributed by atoms with Crippen LogP contribution in [0.25, 0.3) is 0 Å². The molecule has 0 saturated heterocycles. The molecule has 0 aliphatic heterocycles. The lowest BCUT2D eigenvalue weighted by Gasteiger charge is -2.22. The highest BCUT2D eigenvalue weighted by atomic mass is 32.1. The highest BCUT2D eigenvalue weighted by Gasteiger charge is 2.17. The van der Waals surface area contributed by atoms with E-state index in [1.54, 1.807) is 20.0 Å². The number of aliphatic hydroxyl groups excluding tert-OH is 1. The number of aliphatic hydroxyl groups is 1. The average Bonchev–Trinajstić information content (AvgIpc) is 2.65. The van der Waals surface area contributed by atoms with Gasteiger partial charge in [-0.2, -0.15) is 0 Å². The molecule has 10 nitrogen and oxygen atoms in total. The fourth-order valence-corrected chi connectivity index (χ4v) is 4.06. The number of carbonyl (C=O) groups excluding carboxylic acids is 1. The van der Waals surface area contributed by atoms with E-state index in [4.69, 9.17) is 15.5 Å². The van der Waals surface area contributed by atoms with Crippen LogP contribution in [0, 0.1) is 12.8 Å². The molecule has 1 heterocycles. The van der Waals surface area contributed by atoms with Crippen LogP contribution in [0.3, 0.4) is 0 Å². The van der Waals surface area contributed by atoms with Gasteiger partial charge < -0.3 is 25.5 Å². The van der Waals surface area contributed by atoms with Gasteiger partial charge in [0.25, 0.3) is 0 Å². The quantitative estimate of drug-likeness (QED) is 0.136. The number of hydrogen-bond donors (Lipinski definition) is 5. The molecule has 0 aliphatic rings. The van der Waals surface area contributed by atoms with Crippen LogP contribution in [0.5, 0.6) is 0 Å². The summed E-state index contributed by atoms with van der Waals surface area (Å²) in [5, 5.41) is 10.7. The Hall–Kier alpha value is -1.62. The number of allylic oxidation sites excluding steroid dienone is 1. The van der Waals surface area contributed by atoms with E-state index in [1.165, 1.54) is 4.90 Å². The van der Waals surface area contributed by atoms with Crippen molar-refractivity contribution in [3.8, 4) is 0 Å². The number of aromatic nitrogens is 2. The summed E-state index contributed by atoms with van der Waals surface area (Å²) in [6.45, 7) is 7.16. The Morgan fingerprint density at radius 2 is 2.13 bits per heavy atom. The summed E-state index contributed by atoms with van der Waals surface area (Å²) in [4.78, 5) is 39.8. The zero-order valence-corrected chi connectivity index (χ0v) is 19.4. The number of carbonyl (C=O) groups is 1. The van der Waals surface area contributed by atoms with Gasteiger partial charge in [0.2, 0.25) is 6.41 Å². The average molecular weight is 463 g/mol. The van der Waals surface area contributed by atoms with Crippen LogP contribution in [0.1, 0.15) is 51.4 Å². The second-order valence-corrected chi connectivity index (χ2v) is 9.29. The maximum Gasteiger partial charge on any atom is 0.469 e. The molecule has 0 radical (unpaired) electrons.